The Balaban J connectivity index is 3.15. The van der Waals surface area contributed by atoms with Crippen molar-refractivity contribution >= 4 is 89.4 Å². The van der Waals surface area contributed by atoms with E-state index in [0.29, 0.717) is 6.42 Å². The van der Waals surface area contributed by atoms with Crippen molar-refractivity contribution in [2.24, 2.45) is 0 Å². The van der Waals surface area contributed by atoms with Gasteiger partial charge in [-0.2, -0.15) is 5.01 Å². The molecule has 0 saturated carbocycles. The number of carbonyl (C=O) groups excluding carboxylic acids is 2. The second kappa shape index (κ2) is 10.6. The molecule has 0 aromatic heterocycles. The maximum absolute atomic E-state index is 12.9. The summed E-state index contributed by atoms with van der Waals surface area (Å²) in [5, 5.41) is 1.56. The Kier molecular flexibility index (Phi) is 10.1. The van der Waals surface area contributed by atoms with E-state index < -0.39 is 46.4 Å². The van der Waals surface area contributed by atoms with Gasteiger partial charge in [-0.3, -0.25) is 4.57 Å². The van der Waals surface area contributed by atoms with Gasteiger partial charge in [0, 0.05) is 20.8 Å². The molecule has 1 atom stereocenters. The van der Waals surface area contributed by atoms with Gasteiger partial charge >= 0.3 is 19.8 Å². The molecule has 0 aliphatic carbocycles. The highest BCUT2D eigenvalue weighted by Crippen LogP contribution is 2.56. The quantitative estimate of drug-likeness (QED) is 0.350. The lowest BCUT2D eigenvalue weighted by atomic mass is 10.2. The zero-order valence-corrected chi connectivity index (χ0v) is 20.0. The van der Waals surface area contributed by atoms with Crippen molar-refractivity contribution in [3.63, 3.8) is 0 Å². The average Bonchev–Trinajstić information content (AvgIpc) is 2.61. The molecule has 164 valence electrons. The number of carbonyl (C=O) groups is 2. The third-order valence-electron chi connectivity index (χ3n) is 3.37. The molecule has 28 heavy (non-hydrogen) atoms. The SMILES string of the molecule is COP(=O)(OC)C1CCCN(C(=O)OCC(Cl)(Cl)Cl)N1C(=O)OCC(Cl)(Cl)Cl. The first-order valence-electron chi connectivity index (χ1n) is 7.49. The average molecular weight is 545 g/mol. The van der Waals surface area contributed by atoms with E-state index in [0.717, 1.165) is 24.2 Å². The van der Waals surface area contributed by atoms with E-state index in [1.165, 1.54) is 0 Å². The zero-order chi connectivity index (χ0) is 21.8. The fraction of sp³-hybridized carbons (Fsp3) is 0.833. The van der Waals surface area contributed by atoms with Crippen LogP contribution in [0.5, 0.6) is 0 Å². The first-order chi connectivity index (χ1) is 12.7. The van der Waals surface area contributed by atoms with Crippen molar-refractivity contribution in [1.82, 2.24) is 10.0 Å². The van der Waals surface area contributed by atoms with Crippen LogP contribution >= 0.6 is 77.2 Å². The first-order valence-corrected chi connectivity index (χ1v) is 11.4. The third-order valence-corrected chi connectivity index (χ3v) is 6.24. The van der Waals surface area contributed by atoms with Gasteiger partial charge in [0.25, 0.3) is 0 Å². The van der Waals surface area contributed by atoms with Crippen molar-refractivity contribution < 1.29 is 32.7 Å². The maximum atomic E-state index is 12.9. The molecule has 0 bridgehead atoms. The van der Waals surface area contributed by atoms with Crippen molar-refractivity contribution in [3.8, 4) is 0 Å². The van der Waals surface area contributed by atoms with Crippen LogP contribution in [0.3, 0.4) is 0 Å². The molecule has 2 amide bonds. The normalized spacial score (nSPS) is 18.8. The number of ether oxygens (including phenoxy) is 2. The van der Waals surface area contributed by atoms with Gasteiger partial charge in [0.15, 0.2) is 5.78 Å². The van der Waals surface area contributed by atoms with E-state index in [9.17, 15) is 14.2 Å². The third kappa shape index (κ3) is 7.93. The summed E-state index contributed by atoms with van der Waals surface area (Å²) < 4.78 is 28.8. The summed E-state index contributed by atoms with van der Waals surface area (Å²) in [6.45, 7) is -1.23. The molecule has 1 saturated heterocycles. The summed E-state index contributed by atoms with van der Waals surface area (Å²) in [5.41, 5.74) is 0. The summed E-state index contributed by atoms with van der Waals surface area (Å²) in [6, 6.07) is 0. The Bertz CT molecular complexity index is 606. The number of hydrogen-bond donors (Lipinski definition) is 0. The van der Waals surface area contributed by atoms with Crippen molar-refractivity contribution in [1.29, 1.82) is 0 Å². The Morgan fingerprint density at radius 1 is 0.964 bits per heavy atom. The Morgan fingerprint density at radius 3 is 1.86 bits per heavy atom. The fourth-order valence-electron chi connectivity index (χ4n) is 2.25. The molecule has 1 aliphatic rings. The van der Waals surface area contributed by atoms with Gasteiger partial charge in [-0.25, -0.2) is 14.6 Å². The highest BCUT2D eigenvalue weighted by Gasteiger charge is 2.49. The van der Waals surface area contributed by atoms with Gasteiger partial charge < -0.3 is 18.5 Å². The minimum Gasteiger partial charge on any atom is -0.444 e. The van der Waals surface area contributed by atoms with Gasteiger partial charge in [0.05, 0.1) is 0 Å². The summed E-state index contributed by atoms with van der Waals surface area (Å²) in [5.74, 6) is -1.21. The molecular formula is C12H17Cl6N2O7P. The highest BCUT2D eigenvalue weighted by atomic mass is 35.6. The number of amides is 2. The molecule has 1 heterocycles. The molecule has 1 aliphatic heterocycles. The van der Waals surface area contributed by atoms with E-state index in [-0.39, 0.29) is 13.0 Å². The van der Waals surface area contributed by atoms with Gasteiger partial charge in [0.1, 0.15) is 13.2 Å². The predicted molar refractivity (Wildman–Crippen MR) is 106 cm³/mol. The van der Waals surface area contributed by atoms with Crippen LogP contribution in [-0.2, 0) is 23.1 Å². The molecule has 0 spiro atoms. The lowest BCUT2D eigenvalue weighted by Gasteiger charge is -2.43. The first kappa shape index (κ1) is 26.5. The molecule has 0 aromatic rings. The van der Waals surface area contributed by atoms with Crippen LogP contribution in [0.2, 0.25) is 0 Å². The van der Waals surface area contributed by atoms with Crippen LogP contribution in [0.15, 0.2) is 0 Å². The fourth-order valence-corrected chi connectivity index (χ4v) is 4.20. The number of alkyl halides is 6. The molecule has 1 fully saturated rings. The Morgan fingerprint density at radius 2 is 1.43 bits per heavy atom. The van der Waals surface area contributed by atoms with Gasteiger partial charge in [-0.05, 0) is 12.8 Å². The maximum Gasteiger partial charge on any atom is 0.429 e. The lowest BCUT2D eigenvalue weighted by Crippen LogP contribution is -2.58. The molecule has 16 heteroatoms. The van der Waals surface area contributed by atoms with Gasteiger partial charge in [-0.1, -0.05) is 69.6 Å². The minimum atomic E-state index is -3.86. The van der Waals surface area contributed by atoms with E-state index in [1.807, 2.05) is 0 Å². The van der Waals surface area contributed by atoms with Crippen LogP contribution in [0.4, 0.5) is 9.59 Å². The standard InChI is InChI=1S/C12H17Cl6N2O7P/c1-24-28(23,25-2)8-4-3-5-19(9(21)26-6-11(13,14)15)20(8)10(22)27-7-12(16,17)18/h8H,3-7H2,1-2H3. The second-order valence-electron chi connectivity index (χ2n) is 5.34. The van der Waals surface area contributed by atoms with Crippen molar-refractivity contribution in [2.75, 3.05) is 34.0 Å². The van der Waals surface area contributed by atoms with E-state index in [4.69, 9.17) is 88.1 Å². The molecule has 1 unspecified atom stereocenters. The lowest BCUT2D eigenvalue weighted by molar-refractivity contribution is -0.0525. The molecular weight excluding hydrogens is 528 g/mol. The summed E-state index contributed by atoms with van der Waals surface area (Å²) in [7, 11) is -1.59. The Labute approximate surface area is 191 Å². The van der Waals surface area contributed by atoms with Crippen LogP contribution in [0, 0.1) is 0 Å². The van der Waals surface area contributed by atoms with Crippen molar-refractivity contribution in [2.45, 2.75) is 26.2 Å². The van der Waals surface area contributed by atoms with E-state index >= 15 is 0 Å². The molecule has 0 aromatic carbocycles. The highest BCUT2D eigenvalue weighted by molar-refractivity contribution is 7.54. The number of rotatable bonds is 5. The number of hydrazine groups is 1. The summed E-state index contributed by atoms with van der Waals surface area (Å²) in [6.07, 6.45) is -1.70. The Hall–Kier alpha value is 0.430. The zero-order valence-electron chi connectivity index (χ0n) is 14.6. The predicted octanol–water partition coefficient (Wildman–Crippen LogP) is 5.12. The molecule has 9 nitrogen and oxygen atoms in total. The largest absolute Gasteiger partial charge is 0.444 e. The van der Waals surface area contributed by atoms with E-state index in [1.54, 1.807) is 0 Å². The van der Waals surface area contributed by atoms with Crippen LogP contribution in [0.1, 0.15) is 12.8 Å². The van der Waals surface area contributed by atoms with Gasteiger partial charge in [-0.15, -0.1) is 0 Å². The van der Waals surface area contributed by atoms with Crippen molar-refractivity contribution in [3.05, 3.63) is 0 Å². The van der Waals surface area contributed by atoms with Gasteiger partial charge in [0.2, 0.25) is 7.59 Å². The topological polar surface area (TPSA) is 94.6 Å². The van der Waals surface area contributed by atoms with Crippen LogP contribution in [0.25, 0.3) is 0 Å². The molecule has 1 rings (SSSR count). The smallest absolute Gasteiger partial charge is 0.429 e. The summed E-state index contributed by atoms with van der Waals surface area (Å²) >= 11 is 33.4. The number of nitrogens with zero attached hydrogens (tertiary/aromatic N) is 2. The van der Waals surface area contributed by atoms with E-state index in [2.05, 4.69) is 0 Å². The molecule has 0 N–H and O–H groups in total. The number of halogens is 6. The van der Waals surface area contributed by atoms with Crippen LogP contribution in [-0.4, -0.2) is 69.6 Å². The minimum absolute atomic E-state index is 0.00544. The monoisotopic (exact) mass is 542 g/mol. The second-order valence-corrected chi connectivity index (χ2v) is 12.8. The summed E-state index contributed by atoms with van der Waals surface area (Å²) in [4.78, 5) is 25.1. The number of hydrogen-bond acceptors (Lipinski definition) is 7. The van der Waals surface area contributed by atoms with Crippen LogP contribution < -0.4 is 0 Å². The molecule has 0 radical (unpaired) electrons.